The zero-order valence-corrected chi connectivity index (χ0v) is 11.1. The molecule has 0 aliphatic rings. The maximum atomic E-state index is 5.88. The first-order chi connectivity index (χ1) is 8.58. The summed E-state index contributed by atoms with van der Waals surface area (Å²) in [5, 5.41) is 0.730. The number of rotatable bonds is 1. The summed E-state index contributed by atoms with van der Waals surface area (Å²) in [5.41, 5.74) is 0.861. The van der Waals surface area contributed by atoms with Crippen molar-refractivity contribution in [1.29, 1.82) is 0 Å². The Balaban J connectivity index is 2.27. The second-order valence-electron chi connectivity index (χ2n) is 4.45. The minimum absolute atomic E-state index is 0.260. The Hall–Kier alpha value is -1.85. The van der Waals surface area contributed by atoms with Crippen LogP contribution < -0.4 is 0 Å². The molecule has 0 spiro atoms. The number of hydrogen-bond acceptors (Lipinski definition) is 2. The Morgan fingerprint density at radius 1 is 1.06 bits per heavy atom. The van der Waals surface area contributed by atoms with Gasteiger partial charge >= 0.3 is 0 Å². The molecule has 0 saturated carbocycles. The van der Waals surface area contributed by atoms with E-state index < -0.39 is 0 Å². The molecule has 0 bridgehead atoms. The molecule has 0 amide bonds. The molecule has 1 aromatic carbocycles. The Kier molecular flexibility index (Phi) is 3.64. The van der Waals surface area contributed by atoms with E-state index in [0.717, 1.165) is 10.6 Å². The van der Waals surface area contributed by atoms with Gasteiger partial charge < -0.3 is 0 Å². The monoisotopic (exact) mass is 256 g/mol. The first-order valence-electron chi connectivity index (χ1n) is 5.64. The standard InChI is InChI=1S/C15H13ClN2/c1-15(2,12-4-6-13(16)7-5-12)9-8-14-17-10-3-11-18-14/h3-7,10-11H,1-2H3. The van der Waals surface area contributed by atoms with Crippen LogP contribution in [0.25, 0.3) is 0 Å². The van der Waals surface area contributed by atoms with E-state index in [2.05, 4.69) is 35.7 Å². The zero-order valence-electron chi connectivity index (χ0n) is 10.3. The van der Waals surface area contributed by atoms with E-state index in [1.54, 1.807) is 18.5 Å². The summed E-state index contributed by atoms with van der Waals surface area (Å²) in [4.78, 5) is 8.17. The van der Waals surface area contributed by atoms with Gasteiger partial charge in [0, 0.05) is 17.4 Å². The van der Waals surface area contributed by atoms with E-state index in [1.807, 2.05) is 24.3 Å². The van der Waals surface area contributed by atoms with Crippen LogP contribution in [0.5, 0.6) is 0 Å². The van der Waals surface area contributed by atoms with E-state index >= 15 is 0 Å². The predicted octanol–water partition coefficient (Wildman–Crippen LogP) is 3.46. The number of aromatic nitrogens is 2. The van der Waals surface area contributed by atoms with Gasteiger partial charge in [0.1, 0.15) is 0 Å². The van der Waals surface area contributed by atoms with E-state index in [1.165, 1.54) is 0 Å². The van der Waals surface area contributed by atoms with Crippen molar-refractivity contribution in [3.05, 3.63) is 59.1 Å². The molecule has 0 N–H and O–H groups in total. The van der Waals surface area contributed by atoms with Gasteiger partial charge in [-0.2, -0.15) is 0 Å². The van der Waals surface area contributed by atoms with Crippen LogP contribution in [-0.2, 0) is 5.41 Å². The SMILES string of the molecule is CC(C)(C#Cc1ncccn1)c1ccc(Cl)cc1. The van der Waals surface area contributed by atoms with E-state index in [4.69, 9.17) is 11.6 Å². The largest absolute Gasteiger partial charge is 0.229 e. The molecule has 0 saturated heterocycles. The van der Waals surface area contributed by atoms with Crippen molar-refractivity contribution in [2.45, 2.75) is 19.3 Å². The average Bonchev–Trinajstić information content (AvgIpc) is 2.38. The van der Waals surface area contributed by atoms with Crippen LogP contribution in [-0.4, -0.2) is 9.97 Å². The molecule has 0 aliphatic heterocycles. The van der Waals surface area contributed by atoms with Crippen molar-refractivity contribution in [2.24, 2.45) is 0 Å². The average molecular weight is 257 g/mol. The molecule has 1 heterocycles. The van der Waals surface area contributed by atoms with Gasteiger partial charge in [0.15, 0.2) is 0 Å². The molecule has 0 aliphatic carbocycles. The highest BCUT2D eigenvalue weighted by atomic mass is 35.5. The van der Waals surface area contributed by atoms with Crippen molar-refractivity contribution in [3.8, 4) is 11.8 Å². The third-order valence-electron chi connectivity index (χ3n) is 2.62. The molecular weight excluding hydrogens is 244 g/mol. The summed E-state index contributed by atoms with van der Waals surface area (Å²) in [6.07, 6.45) is 3.37. The lowest BCUT2D eigenvalue weighted by atomic mass is 9.85. The van der Waals surface area contributed by atoms with Crippen molar-refractivity contribution in [1.82, 2.24) is 9.97 Å². The summed E-state index contributed by atoms with van der Waals surface area (Å²) in [5.74, 6) is 6.73. The Labute approximate surface area is 112 Å². The van der Waals surface area contributed by atoms with Gasteiger partial charge in [-0.25, -0.2) is 9.97 Å². The van der Waals surface area contributed by atoms with Crippen molar-refractivity contribution in [2.75, 3.05) is 0 Å². The first kappa shape index (κ1) is 12.6. The number of benzene rings is 1. The van der Waals surface area contributed by atoms with E-state index in [-0.39, 0.29) is 5.41 Å². The Morgan fingerprint density at radius 3 is 2.28 bits per heavy atom. The summed E-state index contributed by atoms with van der Waals surface area (Å²) >= 11 is 5.88. The molecule has 90 valence electrons. The lowest BCUT2D eigenvalue weighted by Crippen LogP contribution is -2.14. The molecule has 18 heavy (non-hydrogen) atoms. The third-order valence-corrected chi connectivity index (χ3v) is 2.87. The topological polar surface area (TPSA) is 25.8 Å². The quantitative estimate of drug-likeness (QED) is 0.731. The van der Waals surface area contributed by atoms with Gasteiger partial charge in [-0.15, -0.1) is 0 Å². The minimum atomic E-state index is -0.260. The lowest BCUT2D eigenvalue weighted by molar-refractivity contribution is 0.698. The van der Waals surface area contributed by atoms with Crippen molar-refractivity contribution >= 4 is 11.6 Å². The molecule has 1 aromatic heterocycles. The fourth-order valence-corrected chi connectivity index (χ4v) is 1.64. The molecule has 0 fully saturated rings. The van der Waals surface area contributed by atoms with Gasteiger partial charge in [-0.05, 0) is 43.5 Å². The predicted molar refractivity (Wildman–Crippen MR) is 73.4 cm³/mol. The number of hydrogen-bond donors (Lipinski definition) is 0. The highest BCUT2D eigenvalue weighted by Crippen LogP contribution is 2.23. The molecule has 0 unspecified atom stereocenters. The summed E-state index contributed by atoms with van der Waals surface area (Å²) in [6.45, 7) is 4.12. The third kappa shape index (κ3) is 3.09. The molecular formula is C15H13ClN2. The van der Waals surface area contributed by atoms with Crippen LogP contribution in [0.4, 0.5) is 0 Å². The molecule has 2 aromatic rings. The maximum absolute atomic E-state index is 5.88. The molecule has 0 radical (unpaired) electrons. The number of nitrogens with zero attached hydrogens (tertiary/aromatic N) is 2. The van der Waals surface area contributed by atoms with Crippen molar-refractivity contribution < 1.29 is 0 Å². The fraction of sp³-hybridized carbons (Fsp3) is 0.200. The molecule has 0 atom stereocenters. The van der Waals surface area contributed by atoms with Crippen LogP contribution in [0.3, 0.4) is 0 Å². The highest BCUT2D eigenvalue weighted by Gasteiger charge is 2.17. The maximum Gasteiger partial charge on any atom is 0.204 e. The van der Waals surface area contributed by atoms with E-state index in [0.29, 0.717) is 5.82 Å². The van der Waals surface area contributed by atoms with Crippen LogP contribution >= 0.6 is 11.6 Å². The van der Waals surface area contributed by atoms with Gasteiger partial charge in [0.2, 0.25) is 5.82 Å². The van der Waals surface area contributed by atoms with E-state index in [9.17, 15) is 0 Å². The second kappa shape index (κ2) is 5.20. The molecule has 3 heteroatoms. The second-order valence-corrected chi connectivity index (χ2v) is 4.89. The smallest absolute Gasteiger partial charge is 0.204 e. The van der Waals surface area contributed by atoms with Crippen molar-refractivity contribution in [3.63, 3.8) is 0 Å². The van der Waals surface area contributed by atoms with Gasteiger partial charge in [0.05, 0.1) is 5.41 Å². The summed E-state index contributed by atoms with van der Waals surface area (Å²) < 4.78 is 0. The van der Waals surface area contributed by atoms with Gasteiger partial charge in [-0.3, -0.25) is 0 Å². The lowest BCUT2D eigenvalue weighted by Gasteiger charge is -2.17. The van der Waals surface area contributed by atoms with Crippen LogP contribution in [0.2, 0.25) is 5.02 Å². The van der Waals surface area contributed by atoms with Gasteiger partial charge in [-0.1, -0.05) is 29.7 Å². The highest BCUT2D eigenvalue weighted by molar-refractivity contribution is 6.30. The normalized spacial score (nSPS) is 10.6. The van der Waals surface area contributed by atoms with Gasteiger partial charge in [0.25, 0.3) is 0 Å². The minimum Gasteiger partial charge on any atom is -0.229 e. The summed E-state index contributed by atoms with van der Waals surface area (Å²) in [7, 11) is 0. The van der Waals surface area contributed by atoms with Crippen LogP contribution in [0, 0.1) is 11.8 Å². The fourth-order valence-electron chi connectivity index (χ4n) is 1.51. The Morgan fingerprint density at radius 2 is 1.67 bits per heavy atom. The summed E-state index contributed by atoms with van der Waals surface area (Å²) in [6, 6.07) is 9.50. The molecule has 2 nitrogen and oxygen atoms in total. The Bertz CT molecular complexity index is 577. The first-order valence-corrected chi connectivity index (χ1v) is 6.02. The molecule has 2 rings (SSSR count). The number of halogens is 1. The van der Waals surface area contributed by atoms with Crippen LogP contribution in [0.15, 0.2) is 42.7 Å². The zero-order chi connectivity index (χ0) is 13.0. The van der Waals surface area contributed by atoms with Crippen LogP contribution in [0.1, 0.15) is 25.2 Å².